The molecule has 108 valence electrons. The number of halogens is 2. The lowest BCUT2D eigenvalue weighted by atomic mass is 10.0. The highest BCUT2D eigenvalue weighted by Gasteiger charge is 2.34. The number of amides is 1. The average molecular weight is 313 g/mol. The minimum atomic E-state index is -0.0765. The lowest BCUT2D eigenvalue weighted by Crippen LogP contribution is -2.51. The molecule has 1 aromatic carbocycles. The van der Waals surface area contributed by atoms with Crippen molar-refractivity contribution in [3.05, 3.63) is 27.7 Å². The van der Waals surface area contributed by atoms with Crippen LogP contribution in [0.15, 0.2) is 12.1 Å². The van der Waals surface area contributed by atoms with Crippen molar-refractivity contribution >= 4 is 34.8 Å². The van der Waals surface area contributed by atoms with Gasteiger partial charge in [-0.3, -0.25) is 4.79 Å². The van der Waals surface area contributed by atoms with Crippen molar-refractivity contribution in [2.75, 3.05) is 11.4 Å². The third-order valence-corrected chi connectivity index (χ3v) is 4.68. The molecule has 1 amide bonds. The van der Waals surface area contributed by atoms with E-state index < -0.39 is 0 Å². The van der Waals surface area contributed by atoms with Gasteiger partial charge in [0.25, 0.3) is 0 Å². The monoisotopic (exact) mass is 312 g/mol. The molecule has 1 unspecified atom stereocenters. The molecule has 2 aliphatic rings. The molecule has 2 fully saturated rings. The molecule has 20 heavy (non-hydrogen) atoms. The Balaban J connectivity index is 1.84. The van der Waals surface area contributed by atoms with E-state index in [4.69, 9.17) is 23.2 Å². The summed E-state index contributed by atoms with van der Waals surface area (Å²) in [7, 11) is 0. The summed E-state index contributed by atoms with van der Waals surface area (Å²) in [4.78, 5) is 14.4. The number of anilines is 1. The normalized spacial score (nSPS) is 23.2. The van der Waals surface area contributed by atoms with Crippen LogP contribution in [0.5, 0.6) is 0 Å². The van der Waals surface area contributed by atoms with Crippen LogP contribution in [0.1, 0.15) is 31.2 Å². The highest BCUT2D eigenvalue weighted by atomic mass is 35.5. The first-order valence-corrected chi connectivity index (χ1v) is 7.85. The molecule has 0 spiro atoms. The Labute approximate surface area is 129 Å². The lowest BCUT2D eigenvalue weighted by Gasteiger charge is -2.33. The van der Waals surface area contributed by atoms with Gasteiger partial charge in [0.15, 0.2) is 0 Å². The van der Waals surface area contributed by atoms with E-state index >= 15 is 0 Å². The highest BCUT2D eigenvalue weighted by molar-refractivity contribution is 6.36. The molecule has 0 bridgehead atoms. The lowest BCUT2D eigenvalue weighted by molar-refractivity contribution is -0.121. The van der Waals surface area contributed by atoms with Gasteiger partial charge in [-0.1, -0.05) is 23.2 Å². The number of hydrogen-bond acceptors (Lipinski definition) is 2. The van der Waals surface area contributed by atoms with Gasteiger partial charge in [-0.25, -0.2) is 0 Å². The van der Waals surface area contributed by atoms with Crippen LogP contribution in [0.2, 0.25) is 10.0 Å². The van der Waals surface area contributed by atoms with Gasteiger partial charge < -0.3 is 10.2 Å². The molecule has 3 nitrogen and oxygen atoms in total. The number of hydrogen-bond donors (Lipinski definition) is 1. The summed E-state index contributed by atoms with van der Waals surface area (Å²) in [6.45, 7) is 2.62. The molecule has 5 heteroatoms. The van der Waals surface area contributed by atoms with Crippen LogP contribution in [-0.2, 0) is 4.79 Å². The molecule has 1 heterocycles. The summed E-state index contributed by atoms with van der Waals surface area (Å²) >= 11 is 12.5. The fourth-order valence-electron chi connectivity index (χ4n) is 2.65. The van der Waals surface area contributed by atoms with E-state index in [0.717, 1.165) is 24.1 Å². The molecule has 1 aliphatic carbocycles. The van der Waals surface area contributed by atoms with E-state index in [9.17, 15) is 4.79 Å². The summed E-state index contributed by atoms with van der Waals surface area (Å²) in [5.74, 6) is 0.116. The molecule has 0 radical (unpaired) electrons. The molecule has 3 rings (SSSR count). The smallest absolute Gasteiger partial charge is 0.244 e. The van der Waals surface area contributed by atoms with Gasteiger partial charge in [-0.05, 0) is 50.3 Å². The van der Waals surface area contributed by atoms with Crippen LogP contribution in [-0.4, -0.2) is 24.5 Å². The average Bonchev–Trinajstić information content (AvgIpc) is 3.21. The number of benzene rings is 1. The Bertz CT molecular complexity index is 543. The van der Waals surface area contributed by atoms with Crippen molar-refractivity contribution in [2.24, 2.45) is 0 Å². The second-order valence-electron chi connectivity index (χ2n) is 5.68. The van der Waals surface area contributed by atoms with Crippen molar-refractivity contribution < 1.29 is 4.79 Å². The SMILES string of the molecule is Cc1cc(Cl)c(N2CCCC(NC3CC3)C2=O)cc1Cl. The quantitative estimate of drug-likeness (QED) is 0.925. The van der Waals surface area contributed by atoms with Crippen LogP contribution in [0.3, 0.4) is 0 Å². The molecular weight excluding hydrogens is 295 g/mol. The van der Waals surface area contributed by atoms with Crippen molar-refractivity contribution in [1.82, 2.24) is 5.32 Å². The van der Waals surface area contributed by atoms with E-state index in [1.807, 2.05) is 13.0 Å². The molecule has 1 aromatic rings. The summed E-state index contributed by atoms with van der Waals surface area (Å²) in [6.07, 6.45) is 4.25. The summed E-state index contributed by atoms with van der Waals surface area (Å²) in [5, 5.41) is 4.66. The van der Waals surface area contributed by atoms with Gasteiger partial charge in [-0.2, -0.15) is 0 Å². The number of carbonyl (C=O) groups excluding carboxylic acids is 1. The van der Waals surface area contributed by atoms with Gasteiger partial charge in [0.1, 0.15) is 0 Å². The van der Waals surface area contributed by atoms with E-state index in [2.05, 4.69) is 5.32 Å². The molecular formula is C15H18Cl2N2O. The Morgan fingerprint density at radius 2 is 1.95 bits per heavy atom. The topological polar surface area (TPSA) is 32.3 Å². The summed E-state index contributed by atoms with van der Waals surface area (Å²) in [5.41, 5.74) is 1.66. The van der Waals surface area contributed by atoms with Gasteiger partial charge in [0, 0.05) is 17.6 Å². The van der Waals surface area contributed by atoms with Crippen molar-refractivity contribution in [3.63, 3.8) is 0 Å². The first-order valence-electron chi connectivity index (χ1n) is 7.09. The minimum absolute atomic E-state index is 0.0765. The predicted molar refractivity (Wildman–Crippen MR) is 82.7 cm³/mol. The zero-order valence-electron chi connectivity index (χ0n) is 11.5. The minimum Gasteiger partial charge on any atom is -0.310 e. The van der Waals surface area contributed by atoms with Gasteiger partial charge in [0.2, 0.25) is 5.91 Å². The fraction of sp³-hybridized carbons (Fsp3) is 0.533. The van der Waals surface area contributed by atoms with Gasteiger partial charge in [0.05, 0.1) is 16.8 Å². The maximum atomic E-state index is 12.6. The molecule has 1 saturated heterocycles. The summed E-state index contributed by atoms with van der Waals surface area (Å²) in [6, 6.07) is 4.08. The van der Waals surface area contributed by atoms with Crippen molar-refractivity contribution in [1.29, 1.82) is 0 Å². The largest absolute Gasteiger partial charge is 0.310 e. The van der Waals surface area contributed by atoms with Crippen LogP contribution in [0, 0.1) is 6.92 Å². The number of rotatable bonds is 3. The Kier molecular flexibility index (Phi) is 3.93. The maximum Gasteiger partial charge on any atom is 0.244 e. The molecule has 0 aromatic heterocycles. The van der Waals surface area contributed by atoms with Gasteiger partial charge in [-0.15, -0.1) is 0 Å². The summed E-state index contributed by atoms with van der Waals surface area (Å²) < 4.78 is 0. The number of nitrogens with zero attached hydrogens (tertiary/aromatic N) is 1. The first kappa shape index (κ1) is 14.2. The zero-order chi connectivity index (χ0) is 14.3. The molecule has 1 atom stereocenters. The number of aryl methyl sites for hydroxylation is 1. The Morgan fingerprint density at radius 1 is 1.20 bits per heavy atom. The zero-order valence-corrected chi connectivity index (χ0v) is 13.0. The maximum absolute atomic E-state index is 12.6. The van der Waals surface area contributed by atoms with Crippen LogP contribution in [0.4, 0.5) is 5.69 Å². The predicted octanol–water partition coefficient (Wildman–Crippen LogP) is 3.55. The second kappa shape index (κ2) is 5.55. The third kappa shape index (κ3) is 2.80. The van der Waals surface area contributed by atoms with Crippen LogP contribution < -0.4 is 10.2 Å². The van der Waals surface area contributed by atoms with E-state index in [1.54, 1.807) is 11.0 Å². The molecule has 1 saturated carbocycles. The molecule has 1 aliphatic heterocycles. The van der Waals surface area contributed by atoms with Crippen LogP contribution >= 0.6 is 23.2 Å². The Morgan fingerprint density at radius 3 is 2.65 bits per heavy atom. The van der Waals surface area contributed by atoms with E-state index in [1.165, 1.54) is 12.8 Å². The molecule has 1 N–H and O–H groups in total. The van der Waals surface area contributed by atoms with E-state index in [-0.39, 0.29) is 11.9 Å². The third-order valence-electron chi connectivity index (χ3n) is 3.97. The van der Waals surface area contributed by atoms with Crippen molar-refractivity contribution in [2.45, 2.75) is 44.7 Å². The standard InChI is InChI=1S/C15H18Cl2N2O/c1-9-7-12(17)14(8-11(9)16)19-6-2-3-13(15(19)20)18-10-4-5-10/h7-8,10,13,18H,2-6H2,1H3. The highest BCUT2D eigenvalue weighted by Crippen LogP contribution is 2.34. The first-order chi connectivity index (χ1) is 9.56. The fourth-order valence-corrected chi connectivity index (χ4v) is 3.12. The number of carbonyl (C=O) groups is 1. The number of nitrogens with one attached hydrogen (secondary N) is 1. The van der Waals surface area contributed by atoms with Crippen LogP contribution in [0.25, 0.3) is 0 Å². The van der Waals surface area contributed by atoms with Crippen molar-refractivity contribution in [3.8, 4) is 0 Å². The second-order valence-corrected chi connectivity index (χ2v) is 6.49. The van der Waals surface area contributed by atoms with E-state index in [0.29, 0.717) is 22.6 Å². The van der Waals surface area contributed by atoms with Gasteiger partial charge >= 0.3 is 0 Å². The number of piperidine rings is 1. The Hall–Kier alpha value is -0.770.